The van der Waals surface area contributed by atoms with Crippen LogP contribution < -0.4 is 0 Å². The Hall–Kier alpha value is -0.250. The van der Waals surface area contributed by atoms with E-state index in [4.69, 9.17) is 0 Å². The molecule has 0 saturated heterocycles. The largest absolute Gasteiger partial charge is 0.344 e. The second kappa shape index (κ2) is 2.91. The molecular weight excluding hydrogens is 121 g/mol. The molecule has 0 unspecified atom stereocenters. The van der Waals surface area contributed by atoms with Crippen molar-refractivity contribution in [1.82, 2.24) is 0 Å². The second-order valence-corrected chi connectivity index (χ2v) is 1.53. The molecule has 0 N–H and O–H groups in total. The van der Waals surface area contributed by atoms with Crippen molar-refractivity contribution in [1.29, 1.82) is 0 Å². The van der Waals surface area contributed by atoms with Gasteiger partial charge in [0.1, 0.15) is 6.61 Å². The molecule has 0 atom stereocenters. The molecule has 0 spiro atoms. The maximum absolute atomic E-state index is 11.6. The lowest BCUT2D eigenvalue weighted by Gasteiger charge is -2.06. The van der Waals surface area contributed by atoms with E-state index in [0.29, 0.717) is 6.92 Å². The van der Waals surface area contributed by atoms with Crippen LogP contribution in [0, 0.1) is 0 Å². The molecule has 0 saturated carbocycles. The minimum Gasteiger partial charge on any atom is -0.344 e. The third-order valence-corrected chi connectivity index (χ3v) is 0.433. The van der Waals surface area contributed by atoms with E-state index >= 15 is 0 Å². The summed E-state index contributed by atoms with van der Waals surface area (Å²) in [4.78, 5) is 0. The number of hydrogen-bond donors (Lipinski definition) is 0. The first-order chi connectivity index (χ1) is 3.56. The van der Waals surface area contributed by atoms with Gasteiger partial charge in [-0.1, -0.05) is 0 Å². The van der Waals surface area contributed by atoms with Gasteiger partial charge < -0.3 is 4.74 Å². The van der Waals surface area contributed by atoms with Gasteiger partial charge in [0.2, 0.25) is 0 Å². The smallest absolute Gasteiger partial charge is 0.268 e. The van der Waals surface area contributed by atoms with Gasteiger partial charge in [0.15, 0.2) is 6.86 Å². The molecule has 0 fully saturated rings. The monoisotopic (exact) mass is 128 g/mol. The highest BCUT2D eigenvalue weighted by molar-refractivity contribution is 4.52. The first kappa shape index (κ1) is 7.75. The van der Waals surface area contributed by atoms with E-state index in [-0.39, 0.29) is 0 Å². The fourth-order valence-electron chi connectivity index (χ4n) is 0.218. The van der Waals surface area contributed by atoms with Gasteiger partial charge in [-0.25, -0.2) is 13.2 Å². The summed E-state index contributed by atoms with van der Waals surface area (Å²) in [6.45, 7) is -1.32. The lowest BCUT2D eigenvalue weighted by molar-refractivity contribution is -0.0820. The molecule has 0 radical (unpaired) electrons. The van der Waals surface area contributed by atoms with Crippen LogP contribution in [0.1, 0.15) is 6.92 Å². The molecule has 0 bridgehead atoms. The summed E-state index contributed by atoms with van der Waals surface area (Å²) in [6.07, 6.45) is 0. The zero-order chi connectivity index (χ0) is 6.62. The summed E-state index contributed by atoms with van der Waals surface area (Å²) >= 11 is 0. The Morgan fingerprint density at radius 2 is 2.00 bits per heavy atom. The van der Waals surface area contributed by atoms with Gasteiger partial charge in [-0.05, 0) is 0 Å². The van der Waals surface area contributed by atoms with Crippen molar-refractivity contribution in [3.63, 3.8) is 0 Å². The maximum Gasteiger partial charge on any atom is 0.268 e. The van der Waals surface area contributed by atoms with E-state index in [1.165, 1.54) is 0 Å². The van der Waals surface area contributed by atoms with Crippen molar-refractivity contribution in [2.75, 3.05) is 13.5 Å². The lowest BCUT2D eigenvalue weighted by Crippen LogP contribution is -2.18. The molecule has 0 rings (SSSR count). The van der Waals surface area contributed by atoms with Crippen LogP contribution in [0.2, 0.25) is 0 Å². The van der Waals surface area contributed by atoms with Crippen LogP contribution in [-0.4, -0.2) is 19.4 Å². The molecular formula is C4H7F3O. The molecule has 0 aromatic heterocycles. The topological polar surface area (TPSA) is 9.23 Å². The Morgan fingerprint density at radius 1 is 1.50 bits per heavy atom. The number of hydrogen-bond acceptors (Lipinski definition) is 1. The van der Waals surface area contributed by atoms with E-state index < -0.39 is 19.4 Å². The number of halogens is 3. The molecule has 0 aliphatic heterocycles. The van der Waals surface area contributed by atoms with E-state index in [0.717, 1.165) is 0 Å². The summed E-state index contributed by atoms with van der Waals surface area (Å²) in [5.74, 6) is -2.91. The van der Waals surface area contributed by atoms with Gasteiger partial charge in [0, 0.05) is 6.92 Å². The summed E-state index contributed by atoms with van der Waals surface area (Å²) < 4.78 is 38.0. The second-order valence-electron chi connectivity index (χ2n) is 1.53. The van der Waals surface area contributed by atoms with Gasteiger partial charge in [-0.2, -0.15) is 0 Å². The van der Waals surface area contributed by atoms with Crippen molar-refractivity contribution in [2.24, 2.45) is 0 Å². The molecule has 0 aliphatic carbocycles. The van der Waals surface area contributed by atoms with Gasteiger partial charge in [-0.3, -0.25) is 0 Å². The normalized spacial score (nSPS) is 12.0. The van der Waals surface area contributed by atoms with Crippen LogP contribution in [-0.2, 0) is 4.74 Å². The molecule has 8 heavy (non-hydrogen) atoms. The van der Waals surface area contributed by atoms with Gasteiger partial charge in [0.05, 0.1) is 0 Å². The third kappa shape index (κ3) is 5.75. The van der Waals surface area contributed by atoms with E-state index in [1.54, 1.807) is 0 Å². The molecule has 0 amide bonds. The Morgan fingerprint density at radius 3 is 2.12 bits per heavy atom. The van der Waals surface area contributed by atoms with Crippen molar-refractivity contribution in [2.45, 2.75) is 12.8 Å². The Kier molecular flexibility index (Phi) is 2.82. The average molecular weight is 128 g/mol. The molecule has 4 heteroatoms. The predicted octanol–water partition coefficient (Wildman–Crippen LogP) is 1.59. The molecule has 50 valence electrons. The van der Waals surface area contributed by atoms with Crippen molar-refractivity contribution >= 4 is 0 Å². The highest BCUT2D eigenvalue weighted by Gasteiger charge is 2.20. The van der Waals surface area contributed by atoms with Crippen LogP contribution >= 0.6 is 0 Å². The number of rotatable bonds is 3. The van der Waals surface area contributed by atoms with Gasteiger partial charge in [0.25, 0.3) is 5.92 Å². The third-order valence-electron chi connectivity index (χ3n) is 0.433. The fraction of sp³-hybridized carbons (Fsp3) is 1.00. The van der Waals surface area contributed by atoms with Crippen molar-refractivity contribution in [3.05, 3.63) is 0 Å². The standard InChI is InChI=1S/C4H7F3O/c1-4(6,7)2-8-3-5/h2-3H2,1H3. The number of ether oxygens (including phenoxy) is 1. The lowest BCUT2D eigenvalue weighted by atomic mass is 10.4. The van der Waals surface area contributed by atoms with Crippen LogP contribution in [0.4, 0.5) is 13.2 Å². The molecule has 0 aliphatic rings. The van der Waals surface area contributed by atoms with Crippen LogP contribution in [0.5, 0.6) is 0 Å². The zero-order valence-electron chi connectivity index (χ0n) is 4.46. The maximum atomic E-state index is 11.6. The Labute approximate surface area is 45.4 Å². The van der Waals surface area contributed by atoms with Crippen LogP contribution in [0.25, 0.3) is 0 Å². The fourth-order valence-corrected chi connectivity index (χ4v) is 0.218. The van der Waals surface area contributed by atoms with Gasteiger partial charge in [-0.15, -0.1) is 0 Å². The minimum atomic E-state index is -2.91. The summed E-state index contributed by atoms with van der Waals surface area (Å²) in [7, 11) is 0. The SMILES string of the molecule is CC(F)(F)COCF. The predicted molar refractivity (Wildman–Crippen MR) is 22.5 cm³/mol. The molecule has 0 aromatic carbocycles. The first-order valence-corrected chi connectivity index (χ1v) is 2.08. The van der Waals surface area contributed by atoms with Gasteiger partial charge >= 0.3 is 0 Å². The zero-order valence-corrected chi connectivity index (χ0v) is 4.46. The Bertz CT molecular complexity index is 58.8. The minimum absolute atomic E-state index is 0.669. The summed E-state index contributed by atoms with van der Waals surface area (Å²) in [5.41, 5.74) is 0. The number of alkyl halides is 3. The molecule has 1 nitrogen and oxygen atoms in total. The summed E-state index contributed by atoms with van der Waals surface area (Å²) in [6, 6.07) is 0. The Balaban J connectivity index is 3.11. The highest BCUT2D eigenvalue weighted by Crippen LogP contribution is 2.10. The first-order valence-electron chi connectivity index (χ1n) is 2.08. The average Bonchev–Trinajstić information content (AvgIpc) is 1.59. The van der Waals surface area contributed by atoms with Crippen LogP contribution in [0.15, 0.2) is 0 Å². The van der Waals surface area contributed by atoms with E-state index in [2.05, 4.69) is 4.74 Å². The van der Waals surface area contributed by atoms with Crippen molar-refractivity contribution < 1.29 is 17.9 Å². The quantitative estimate of drug-likeness (QED) is 0.560. The summed E-state index contributed by atoms with van der Waals surface area (Å²) in [5, 5.41) is 0. The van der Waals surface area contributed by atoms with Crippen LogP contribution in [0.3, 0.4) is 0 Å². The van der Waals surface area contributed by atoms with E-state index in [1.807, 2.05) is 0 Å². The molecule has 0 aromatic rings. The van der Waals surface area contributed by atoms with Crippen molar-refractivity contribution in [3.8, 4) is 0 Å². The molecule has 0 heterocycles. The van der Waals surface area contributed by atoms with E-state index in [9.17, 15) is 13.2 Å². The highest BCUT2D eigenvalue weighted by atomic mass is 19.3.